The van der Waals surface area contributed by atoms with E-state index in [1.165, 1.54) is 0 Å². The lowest BCUT2D eigenvalue weighted by Crippen LogP contribution is -2.57. The Hall–Kier alpha value is -0.610. The fraction of sp³-hybridized carbons (Fsp3) is 0.909. The van der Waals surface area contributed by atoms with E-state index >= 15 is 0 Å². The van der Waals surface area contributed by atoms with Crippen LogP contribution in [0.2, 0.25) is 0 Å². The Morgan fingerprint density at radius 2 is 1.93 bits per heavy atom. The Morgan fingerprint density at radius 3 is 2.13 bits per heavy atom. The van der Waals surface area contributed by atoms with Crippen molar-refractivity contribution in [3.8, 4) is 0 Å². The summed E-state index contributed by atoms with van der Waals surface area (Å²) in [4.78, 5) is 10.9. The molecule has 15 heavy (non-hydrogen) atoms. The molecule has 0 aliphatic carbocycles. The second-order valence-electron chi connectivity index (χ2n) is 5.04. The van der Waals surface area contributed by atoms with Gasteiger partial charge in [-0.25, -0.2) is 0 Å². The Kier molecular flexibility index (Phi) is 4.74. The first-order valence-electron chi connectivity index (χ1n) is 5.17. The zero-order chi connectivity index (χ0) is 12.3. The quantitative estimate of drug-likeness (QED) is 0.707. The van der Waals surface area contributed by atoms with E-state index in [0.29, 0.717) is 6.61 Å². The van der Waals surface area contributed by atoms with Gasteiger partial charge >= 0.3 is 5.97 Å². The highest BCUT2D eigenvalue weighted by atomic mass is 16.5. The molecule has 0 aromatic rings. The maximum absolute atomic E-state index is 10.9. The van der Waals surface area contributed by atoms with Crippen LogP contribution in [0.4, 0.5) is 0 Å². The number of ether oxygens (including phenoxy) is 1. The van der Waals surface area contributed by atoms with Crippen LogP contribution in [0.5, 0.6) is 0 Å². The van der Waals surface area contributed by atoms with Crippen molar-refractivity contribution >= 4 is 5.97 Å². The first-order chi connectivity index (χ1) is 6.67. The highest BCUT2D eigenvalue weighted by Gasteiger charge is 2.46. The molecule has 0 radical (unpaired) electrons. The Balaban J connectivity index is 5.17. The summed E-state index contributed by atoms with van der Waals surface area (Å²) < 4.78 is 5.15. The minimum Gasteiger partial charge on any atom is -0.481 e. The van der Waals surface area contributed by atoms with Crippen molar-refractivity contribution in [2.45, 2.75) is 39.7 Å². The van der Waals surface area contributed by atoms with E-state index in [1.807, 2.05) is 27.7 Å². The molecule has 0 aromatic heterocycles. The molecule has 3 N–H and O–H groups in total. The SMILES string of the molecule is COCC(CC(=O)O)(C(C)C)C(C)(C)N. The van der Waals surface area contributed by atoms with Gasteiger partial charge in [-0.3, -0.25) is 4.79 Å². The molecule has 4 nitrogen and oxygen atoms in total. The molecule has 0 amide bonds. The van der Waals surface area contributed by atoms with E-state index in [9.17, 15) is 4.79 Å². The lowest BCUT2D eigenvalue weighted by atomic mass is 9.63. The van der Waals surface area contributed by atoms with Crippen LogP contribution in [-0.4, -0.2) is 30.3 Å². The third-order valence-corrected chi connectivity index (χ3v) is 3.26. The highest BCUT2D eigenvalue weighted by molar-refractivity contribution is 5.68. The third kappa shape index (κ3) is 3.18. The second-order valence-corrected chi connectivity index (χ2v) is 5.04. The summed E-state index contributed by atoms with van der Waals surface area (Å²) >= 11 is 0. The van der Waals surface area contributed by atoms with E-state index in [-0.39, 0.29) is 12.3 Å². The summed E-state index contributed by atoms with van der Waals surface area (Å²) in [6.45, 7) is 8.04. The van der Waals surface area contributed by atoms with Crippen LogP contribution in [0.15, 0.2) is 0 Å². The number of rotatable bonds is 6. The van der Waals surface area contributed by atoms with Crippen LogP contribution < -0.4 is 5.73 Å². The van der Waals surface area contributed by atoms with Gasteiger partial charge in [0, 0.05) is 18.1 Å². The lowest BCUT2D eigenvalue weighted by Gasteiger charge is -2.46. The van der Waals surface area contributed by atoms with Crippen LogP contribution in [0.3, 0.4) is 0 Å². The standard InChI is InChI=1S/C11H23NO3/c1-8(2)11(7-15-5,6-9(13)14)10(3,4)12/h8H,6-7,12H2,1-5H3,(H,13,14). The minimum atomic E-state index is -0.834. The predicted molar refractivity (Wildman–Crippen MR) is 59.7 cm³/mol. The maximum Gasteiger partial charge on any atom is 0.304 e. The van der Waals surface area contributed by atoms with Crippen molar-refractivity contribution < 1.29 is 14.6 Å². The van der Waals surface area contributed by atoms with Gasteiger partial charge in [-0.1, -0.05) is 13.8 Å². The monoisotopic (exact) mass is 217 g/mol. The fourth-order valence-corrected chi connectivity index (χ4v) is 2.11. The zero-order valence-corrected chi connectivity index (χ0v) is 10.3. The number of hydrogen-bond donors (Lipinski definition) is 2. The molecule has 0 heterocycles. The maximum atomic E-state index is 10.9. The molecule has 1 unspecified atom stereocenters. The van der Waals surface area contributed by atoms with Gasteiger partial charge in [-0.2, -0.15) is 0 Å². The van der Waals surface area contributed by atoms with E-state index in [4.69, 9.17) is 15.6 Å². The van der Waals surface area contributed by atoms with Gasteiger partial charge in [0.1, 0.15) is 0 Å². The smallest absolute Gasteiger partial charge is 0.304 e. The van der Waals surface area contributed by atoms with Crippen molar-refractivity contribution in [2.75, 3.05) is 13.7 Å². The van der Waals surface area contributed by atoms with Crippen LogP contribution in [0.1, 0.15) is 34.1 Å². The minimum absolute atomic E-state index is 0.0298. The molecule has 0 bridgehead atoms. The van der Waals surface area contributed by atoms with Crippen LogP contribution >= 0.6 is 0 Å². The Morgan fingerprint density at radius 1 is 1.47 bits per heavy atom. The summed E-state index contributed by atoms with van der Waals surface area (Å²) in [5, 5.41) is 8.98. The van der Waals surface area contributed by atoms with E-state index < -0.39 is 16.9 Å². The van der Waals surface area contributed by atoms with Gasteiger partial charge in [-0.15, -0.1) is 0 Å². The predicted octanol–water partition coefficient (Wildman–Crippen LogP) is 1.49. The summed E-state index contributed by atoms with van der Waals surface area (Å²) in [7, 11) is 1.57. The molecule has 0 aliphatic heterocycles. The molecule has 0 saturated carbocycles. The average molecular weight is 217 g/mol. The number of carboxylic acid groups (broad SMARTS) is 1. The first kappa shape index (κ1) is 14.4. The number of carboxylic acids is 1. The number of nitrogens with two attached hydrogens (primary N) is 1. The summed E-state index contributed by atoms with van der Waals surface area (Å²) in [5.74, 6) is -0.687. The van der Waals surface area contributed by atoms with Crippen molar-refractivity contribution in [3.63, 3.8) is 0 Å². The molecule has 90 valence electrons. The number of hydrogen-bond acceptors (Lipinski definition) is 3. The Labute approximate surface area is 91.8 Å². The highest BCUT2D eigenvalue weighted by Crippen LogP contribution is 2.40. The van der Waals surface area contributed by atoms with Crippen molar-refractivity contribution in [1.29, 1.82) is 0 Å². The fourth-order valence-electron chi connectivity index (χ4n) is 2.11. The van der Waals surface area contributed by atoms with Crippen LogP contribution in [0, 0.1) is 11.3 Å². The van der Waals surface area contributed by atoms with E-state index in [1.54, 1.807) is 7.11 Å². The molecule has 4 heteroatoms. The van der Waals surface area contributed by atoms with E-state index in [2.05, 4.69) is 0 Å². The van der Waals surface area contributed by atoms with Gasteiger partial charge in [0.05, 0.1) is 13.0 Å². The third-order valence-electron chi connectivity index (χ3n) is 3.26. The average Bonchev–Trinajstić information content (AvgIpc) is 1.99. The normalized spacial score (nSPS) is 16.5. The molecule has 0 spiro atoms. The molecule has 0 rings (SSSR count). The zero-order valence-electron chi connectivity index (χ0n) is 10.3. The molecule has 0 fully saturated rings. The second kappa shape index (κ2) is 4.94. The van der Waals surface area contributed by atoms with Gasteiger partial charge in [0.25, 0.3) is 0 Å². The van der Waals surface area contributed by atoms with Gasteiger partial charge in [0.2, 0.25) is 0 Å². The topological polar surface area (TPSA) is 72.5 Å². The van der Waals surface area contributed by atoms with Crippen molar-refractivity contribution in [3.05, 3.63) is 0 Å². The lowest BCUT2D eigenvalue weighted by molar-refractivity contribution is -0.144. The molecule has 1 atom stereocenters. The van der Waals surface area contributed by atoms with Gasteiger partial charge in [0.15, 0.2) is 0 Å². The molecular formula is C11H23NO3. The largest absolute Gasteiger partial charge is 0.481 e. The van der Waals surface area contributed by atoms with Crippen LogP contribution in [-0.2, 0) is 9.53 Å². The summed E-state index contributed by atoms with van der Waals surface area (Å²) in [5.41, 5.74) is 4.98. The molecule has 0 saturated heterocycles. The van der Waals surface area contributed by atoms with Gasteiger partial charge in [-0.05, 0) is 19.8 Å². The summed E-state index contributed by atoms with van der Waals surface area (Å²) in [6.07, 6.45) is 0.0298. The molecule has 0 aliphatic rings. The number of methoxy groups -OCH3 is 1. The Bertz CT molecular complexity index is 220. The first-order valence-corrected chi connectivity index (χ1v) is 5.17. The summed E-state index contributed by atoms with van der Waals surface area (Å²) in [6, 6.07) is 0. The molecule has 0 aromatic carbocycles. The van der Waals surface area contributed by atoms with Gasteiger partial charge < -0.3 is 15.6 Å². The van der Waals surface area contributed by atoms with Crippen molar-refractivity contribution in [1.82, 2.24) is 0 Å². The van der Waals surface area contributed by atoms with E-state index in [0.717, 1.165) is 0 Å². The molecular weight excluding hydrogens is 194 g/mol. The number of aliphatic carboxylic acids is 1. The van der Waals surface area contributed by atoms with Crippen LogP contribution in [0.25, 0.3) is 0 Å². The number of carbonyl (C=O) groups is 1. The van der Waals surface area contributed by atoms with Crippen molar-refractivity contribution in [2.24, 2.45) is 17.1 Å².